The number of pyridine rings is 1. The van der Waals surface area contributed by atoms with Crippen molar-refractivity contribution in [3.63, 3.8) is 0 Å². The number of hydrogen-bond donors (Lipinski definition) is 1. The smallest absolute Gasteiger partial charge is 0.246 e. The number of nitrogens with one attached hydrogen (secondary N) is 1. The van der Waals surface area contributed by atoms with Gasteiger partial charge in [-0.3, -0.25) is 4.98 Å². The lowest BCUT2D eigenvalue weighted by Crippen LogP contribution is -2.30. The van der Waals surface area contributed by atoms with Gasteiger partial charge in [-0.25, -0.2) is 8.42 Å². The summed E-state index contributed by atoms with van der Waals surface area (Å²) in [4.78, 5) is 5.16. The monoisotopic (exact) mass is 311 g/mol. The van der Waals surface area contributed by atoms with Gasteiger partial charge in [0, 0.05) is 37.4 Å². The zero-order valence-electron chi connectivity index (χ0n) is 11.4. The molecule has 0 amide bonds. The summed E-state index contributed by atoms with van der Waals surface area (Å²) in [6.45, 7) is 2.63. The second-order valence-electron chi connectivity index (χ2n) is 4.13. The van der Waals surface area contributed by atoms with Crippen LogP contribution < -0.4 is 5.32 Å². The fraction of sp³-hybridized carbons (Fsp3) is 0.308. The van der Waals surface area contributed by atoms with Crippen molar-refractivity contribution in [2.45, 2.75) is 18.4 Å². The summed E-state index contributed by atoms with van der Waals surface area (Å²) in [5, 5.41) is 4.84. The van der Waals surface area contributed by atoms with E-state index >= 15 is 0 Å². The van der Waals surface area contributed by atoms with E-state index in [0.29, 0.717) is 18.8 Å². The Morgan fingerprint density at radius 3 is 2.80 bits per heavy atom. The second-order valence-corrected chi connectivity index (χ2v) is 7.07. The van der Waals surface area contributed by atoms with Crippen molar-refractivity contribution in [3.8, 4) is 0 Å². The van der Waals surface area contributed by atoms with Crippen molar-refractivity contribution in [1.29, 1.82) is 0 Å². The molecule has 0 aliphatic heterocycles. The van der Waals surface area contributed by atoms with Crippen molar-refractivity contribution >= 4 is 27.0 Å². The summed E-state index contributed by atoms with van der Waals surface area (Å²) in [5.74, 6) is 0. The van der Waals surface area contributed by atoms with E-state index in [1.54, 1.807) is 30.6 Å². The number of anilines is 1. The normalized spacial score (nSPS) is 11.8. The fourth-order valence-corrected chi connectivity index (χ4v) is 4.24. The van der Waals surface area contributed by atoms with Gasteiger partial charge in [0.1, 0.15) is 4.90 Å². The van der Waals surface area contributed by atoms with Gasteiger partial charge in [0.2, 0.25) is 10.0 Å². The summed E-state index contributed by atoms with van der Waals surface area (Å²) in [7, 11) is -1.86. The van der Waals surface area contributed by atoms with Gasteiger partial charge < -0.3 is 5.32 Å². The van der Waals surface area contributed by atoms with Gasteiger partial charge in [-0.15, -0.1) is 11.3 Å². The fourth-order valence-electron chi connectivity index (χ4n) is 1.87. The quantitative estimate of drug-likeness (QED) is 0.890. The first-order valence-electron chi connectivity index (χ1n) is 6.24. The molecule has 0 radical (unpaired) electrons. The molecule has 2 aromatic rings. The molecule has 0 aliphatic rings. The summed E-state index contributed by atoms with van der Waals surface area (Å²) >= 11 is 1.55. The molecule has 2 rings (SSSR count). The van der Waals surface area contributed by atoms with Crippen LogP contribution in [0, 0.1) is 0 Å². The first-order chi connectivity index (χ1) is 9.59. The molecular formula is C13H17N3O2S2. The Labute approximate surface area is 123 Å². The third-order valence-electron chi connectivity index (χ3n) is 2.94. The van der Waals surface area contributed by atoms with Gasteiger partial charge in [-0.2, -0.15) is 4.31 Å². The minimum Gasteiger partial charge on any atom is -0.387 e. The number of thiophene rings is 1. The average Bonchev–Trinajstić information content (AvgIpc) is 2.97. The van der Waals surface area contributed by atoms with Crippen molar-refractivity contribution in [2.75, 3.05) is 18.9 Å². The Hall–Kier alpha value is -1.44. The maximum Gasteiger partial charge on any atom is 0.246 e. The summed E-state index contributed by atoms with van der Waals surface area (Å²) < 4.78 is 26.9. The molecule has 0 atom stereocenters. The molecule has 0 spiro atoms. The highest BCUT2D eigenvalue weighted by Gasteiger charge is 2.26. The van der Waals surface area contributed by atoms with Gasteiger partial charge in [-0.05, 0) is 17.5 Å². The van der Waals surface area contributed by atoms with Crippen molar-refractivity contribution in [3.05, 3.63) is 40.8 Å². The largest absolute Gasteiger partial charge is 0.387 e. The lowest BCUT2D eigenvalue weighted by atomic mass is 10.4. The van der Waals surface area contributed by atoms with E-state index in [-0.39, 0.29) is 4.90 Å². The number of nitrogens with zero attached hydrogens (tertiary/aromatic N) is 2. The highest BCUT2D eigenvalue weighted by Crippen LogP contribution is 2.25. The van der Waals surface area contributed by atoms with E-state index in [2.05, 4.69) is 10.3 Å². The van der Waals surface area contributed by atoms with Crippen molar-refractivity contribution < 1.29 is 8.42 Å². The van der Waals surface area contributed by atoms with E-state index in [9.17, 15) is 8.42 Å². The SMILES string of the molecule is CCN(Cc1cccs1)S(=O)(=O)c1cnccc1NC. The highest BCUT2D eigenvalue weighted by molar-refractivity contribution is 7.89. The minimum atomic E-state index is -3.55. The lowest BCUT2D eigenvalue weighted by molar-refractivity contribution is 0.426. The minimum absolute atomic E-state index is 0.209. The molecule has 108 valence electrons. The van der Waals surface area contributed by atoms with Crippen LogP contribution in [0.2, 0.25) is 0 Å². The molecule has 0 unspecified atom stereocenters. The van der Waals surface area contributed by atoms with E-state index in [4.69, 9.17) is 0 Å². The Morgan fingerprint density at radius 1 is 1.40 bits per heavy atom. The molecular weight excluding hydrogens is 294 g/mol. The number of rotatable bonds is 6. The molecule has 0 saturated carbocycles. The first kappa shape index (κ1) is 15.0. The van der Waals surface area contributed by atoms with Crippen LogP contribution in [0.25, 0.3) is 0 Å². The van der Waals surface area contributed by atoms with E-state index in [1.165, 1.54) is 10.5 Å². The lowest BCUT2D eigenvalue weighted by Gasteiger charge is -2.21. The van der Waals surface area contributed by atoms with Crippen LogP contribution in [0.3, 0.4) is 0 Å². The van der Waals surface area contributed by atoms with Crippen LogP contribution in [0.4, 0.5) is 5.69 Å². The molecule has 0 fully saturated rings. The second kappa shape index (κ2) is 6.34. The van der Waals surface area contributed by atoms with Gasteiger partial charge >= 0.3 is 0 Å². The number of aromatic nitrogens is 1. The Balaban J connectivity index is 2.36. The van der Waals surface area contributed by atoms with Crippen LogP contribution in [-0.2, 0) is 16.6 Å². The average molecular weight is 311 g/mol. The van der Waals surface area contributed by atoms with Crippen LogP contribution in [0.1, 0.15) is 11.8 Å². The van der Waals surface area contributed by atoms with E-state index in [1.807, 2.05) is 24.4 Å². The van der Waals surface area contributed by atoms with Crippen molar-refractivity contribution in [2.24, 2.45) is 0 Å². The Kier molecular flexibility index (Phi) is 4.74. The van der Waals surface area contributed by atoms with Gasteiger partial charge in [0.25, 0.3) is 0 Å². The Bertz CT molecular complexity index is 654. The number of sulfonamides is 1. The van der Waals surface area contributed by atoms with Gasteiger partial charge in [0.05, 0.1) is 5.69 Å². The zero-order chi connectivity index (χ0) is 14.6. The molecule has 0 bridgehead atoms. The van der Waals surface area contributed by atoms with Crippen LogP contribution in [0.15, 0.2) is 40.9 Å². The molecule has 2 heterocycles. The zero-order valence-corrected chi connectivity index (χ0v) is 13.0. The predicted molar refractivity (Wildman–Crippen MR) is 81.4 cm³/mol. The van der Waals surface area contributed by atoms with Crippen LogP contribution in [-0.4, -0.2) is 31.3 Å². The summed E-state index contributed by atoms with van der Waals surface area (Å²) in [6, 6.07) is 5.51. The topological polar surface area (TPSA) is 62.3 Å². The van der Waals surface area contributed by atoms with Crippen LogP contribution in [0.5, 0.6) is 0 Å². The van der Waals surface area contributed by atoms with Crippen LogP contribution >= 0.6 is 11.3 Å². The molecule has 0 aromatic carbocycles. The first-order valence-corrected chi connectivity index (χ1v) is 8.56. The maximum absolute atomic E-state index is 12.7. The van der Waals surface area contributed by atoms with Crippen molar-refractivity contribution in [1.82, 2.24) is 9.29 Å². The molecule has 2 aromatic heterocycles. The molecule has 7 heteroatoms. The maximum atomic E-state index is 12.7. The molecule has 0 aliphatic carbocycles. The predicted octanol–water partition coefficient (Wildman–Crippen LogP) is 2.40. The standard InChI is InChI=1S/C13H17N3O2S2/c1-3-16(10-11-5-4-8-19-11)20(17,18)13-9-15-7-6-12(13)14-2/h4-9H,3,10H2,1-2H3,(H,14,15). The highest BCUT2D eigenvalue weighted by atomic mass is 32.2. The van der Waals surface area contributed by atoms with E-state index < -0.39 is 10.0 Å². The van der Waals surface area contributed by atoms with Gasteiger partial charge in [0.15, 0.2) is 0 Å². The molecule has 20 heavy (non-hydrogen) atoms. The Morgan fingerprint density at radius 2 is 2.20 bits per heavy atom. The molecule has 1 N–H and O–H groups in total. The number of hydrogen-bond acceptors (Lipinski definition) is 5. The molecule has 0 saturated heterocycles. The summed E-state index contributed by atoms with van der Waals surface area (Å²) in [5.41, 5.74) is 0.560. The molecule has 5 nitrogen and oxygen atoms in total. The van der Waals surface area contributed by atoms with Gasteiger partial charge in [-0.1, -0.05) is 13.0 Å². The third kappa shape index (κ3) is 3.00. The summed E-state index contributed by atoms with van der Waals surface area (Å²) in [6.07, 6.45) is 2.96. The van der Waals surface area contributed by atoms with E-state index in [0.717, 1.165) is 4.88 Å². The third-order valence-corrected chi connectivity index (χ3v) is 5.75.